The number of ether oxygens (including phenoxy) is 2. The number of nitrogens with one attached hydrogen (secondary N) is 1. The summed E-state index contributed by atoms with van der Waals surface area (Å²) in [5, 5.41) is 0. The Morgan fingerprint density at radius 2 is 1.88 bits per heavy atom. The van der Waals surface area contributed by atoms with E-state index in [4.69, 9.17) is 15.3 Å². The number of nitrogens with two attached hydrogens (primary N) is 1. The van der Waals surface area contributed by atoms with E-state index in [1.54, 1.807) is 7.11 Å². The van der Waals surface area contributed by atoms with E-state index in [0.29, 0.717) is 6.61 Å². The molecule has 1 unspecified atom stereocenters. The molecule has 0 aromatic heterocycles. The lowest BCUT2D eigenvalue weighted by molar-refractivity contribution is 0.183. The van der Waals surface area contributed by atoms with Crippen LogP contribution >= 0.6 is 0 Å². The summed E-state index contributed by atoms with van der Waals surface area (Å²) in [6, 6.07) is 8.09. The first-order valence-corrected chi connectivity index (χ1v) is 5.89. The molecule has 0 heterocycles. The maximum Gasteiger partial charge on any atom is 0.119 e. The van der Waals surface area contributed by atoms with Gasteiger partial charge in [0.15, 0.2) is 0 Å². The second-order valence-electron chi connectivity index (χ2n) is 4.24. The Hall–Kier alpha value is -1.10. The summed E-state index contributed by atoms with van der Waals surface area (Å²) in [4.78, 5) is 0. The molecule has 0 aliphatic carbocycles. The van der Waals surface area contributed by atoms with Gasteiger partial charge in [0.25, 0.3) is 0 Å². The fraction of sp³-hybridized carbons (Fsp3) is 0.538. The second-order valence-corrected chi connectivity index (χ2v) is 4.24. The fourth-order valence-corrected chi connectivity index (χ4v) is 1.63. The van der Waals surface area contributed by atoms with Gasteiger partial charge in [-0.3, -0.25) is 11.3 Å². The minimum absolute atomic E-state index is 0.114. The van der Waals surface area contributed by atoms with Gasteiger partial charge in [0.2, 0.25) is 0 Å². The van der Waals surface area contributed by atoms with Crippen LogP contribution in [0.5, 0.6) is 5.75 Å². The van der Waals surface area contributed by atoms with Crippen molar-refractivity contribution in [2.45, 2.75) is 32.4 Å². The minimum atomic E-state index is 0.114. The van der Waals surface area contributed by atoms with Crippen molar-refractivity contribution in [3.05, 3.63) is 29.8 Å². The smallest absolute Gasteiger partial charge is 0.119 e. The van der Waals surface area contributed by atoms with Crippen LogP contribution in [-0.4, -0.2) is 19.8 Å². The maximum atomic E-state index is 5.59. The molecule has 1 atom stereocenters. The molecule has 0 saturated heterocycles. The molecule has 0 radical (unpaired) electrons. The van der Waals surface area contributed by atoms with E-state index in [1.807, 2.05) is 38.1 Å². The molecule has 1 aromatic carbocycles. The zero-order valence-electron chi connectivity index (χ0n) is 10.8. The molecule has 96 valence electrons. The maximum absolute atomic E-state index is 5.59. The third-order valence-electron chi connectivity index (χ3n) is 2.47. The summed E-state index contributed by atoms with van der Waals surface area (Å²) in [5.74, 6) is 6.41. The highest BCUT2D eigenvalue weighted by Crippen LogP contribution is 2.20. The van der Waals surface area contributed by atoms with Gasteiger partial charge in [-0.05, 0) is 38.0 Å². The number of benzene rings is 1. The highest BCUT2D eigenvalue weighted by atomic mass is 16.5. The van der Waals surface area contributed by atoms with Gasteiger partial charge in [-0.1, -0.05) is 12.1 Å². The fourth-order valence-electron chi connectivity index (χ4n) is 1.63. The molecule has 0 fully saturated rings. The Bertz CT molecular complexity index is 312. The lowest BCUT2D eigenvalue weighted by Crippen LogP contribution is -2.28. The summed E-state index contributed by atoms with van der Waals surface area (Å²) in [6.07, 6.45) is 1.04. The monoisotopic (exact) mass is 238 g/mol. The molecular weight excluding hydrogens is 216 g/mol. The van der Waals surface area contributed by atoms with E-state index in [2.05, 4.69) is 5.43 Å². The van der Waals surface area contributed by atoms with E-state index in [9.17, 15) is 0 Å². The van der Waals surface area contributed by atoms with Crippen molar-refractivity contribution >= 4 is 0 Å². The molecule has 0 aliphatic heterocycles. The van der Waals surface area contributed by atoms with E-state index in [-0.39, 0.29) is 12.1 Å². The van der Waals surface area contributed by atoms with Crippen LogP contribution in [0.2, 0.25) is 0 Å². The van der Waals surface area contributed by atoms with Crippen molar-refractivity contribution in [1.29, 1.82) is 0 Å². The van der Waals surface area contributed by atoms with Gasteiger partial charge < -0.3 is 9.47 Å². The average Bonchev–Trinajstić information content (AvgIpc) is 2.31. The van der Waals surface area contributed by atoms with Crippen molar-refractivity contribution in [3.8, 4) is 5.75 Å². The standard InChI is InChI=1S/C13H22N2O2/c1-10(2)17-12-6-4-11(5-7-12)13(15-14)8-9-16-3/h4-7,10,13,15H,8-9,14H2,1-3H3. The number of hydrogen-bond donors (Lipinski definition) is 2. The van der Waals surface area contributed by atoms with Gasteiger partial charge in [0.05, 0.1) is 6.10 Å². The molecule has 0 spiro atoms. The average molecular weight is 238 g/mol. The van der Waals surface area contributed by atoms with E-state index >= 15 is 0 Å². The van der Waals surface area contributed by atoms with Gasteiger partial charge in [-0.25, -0.2) is 0 Å². The molecule has 3 N–H and O–H groups in total. The summed E-state index contributed by atoms with van der Waals surface area (Å²) < 4.78 is 10.6. The SMILES string of the molecule is COCCC(NN)c1ccc(OC(C)C)cc1. The number of rotatable bonds is 7. The molecule has 1 aromatic rings. The lowest BCUT2D eigenvalue weighted by Gasteiger charge is -2.17. The molecule has 4 nitrogen and oxygen atoms in total. The van der Waals surface area contributed by atoms with Gasteiger partial charge in [-0.15, -0.1) is 0 Å². The van der Waals surface area contributed by atoms with Crippen molar-refractivity contribution in [2.24, 2.45) is 5.84 Å². The van der Waals surface area contributed by atoms with E-state index in [1.165, 1.54) is 0 Å². The Kier molecular flexibility index (Phi) is 5.97. The van der Waals surface area contributed by atoms with Crippen LogP contribution in [0.3, 0.4) is 0 Å². The topological polar surface area (TPSA) is 56.5 Å². The Balaban J connectivity index is 2.64. The first-order chi connectivity index (χ1) is 8.17. The summed E-state index contributed by atoms with van der Waals surface area (Å²) in [7, 11) is 1.69. The van der Waals surface area contributed by atoms with Crippen LogP contribution < -0.4 is 16.0 Å². The number of hydrazine groups is 1. The molecule has 4 heteroatoms. The molecule has 17 heavy (non-hydrogen) atoms. The third-order valence-corrected chi connectivity index (χ3v) is 2.47. The van der Waals surface area contributed by atoms with Crippen molar-refractivity contribution in [1.82, 2.24) is 5.43 Å². The second kappa shape index (κ2) is 7.27. The van der Waals surface area contributed by atoms with Crippen molar-refractivity contribution in [3.63, 3.8) is 0 Å². The first kappa shape index (κ1) is 14.0. The zero-order valence-corrected chi connectivity index (χ0v) is 10.8. The summed E-state index contributed by atoms with van der Waals surface area (Å²) >= 11 is 0. The normalized spacial score (nSPS) is 12.8. The molecule has 0 aliphatic rings. The molecule has 0 saturated carbocycles. The summed E-state index contributed by atoms with van der Waals surface area (Å²) in [5.41, 5.74) is 3.93. The van der Waals surface area contributed by atoms with E-state index in [0.717, 1.165) is 17.7 Å². The van der Waals surface area contributed by atoms with Crippen LogP contribution in [0.4, 0.5) is 0 Å². The summed E-state index contributed by atoms with van der Waals surface area (Å²) in [6.45, 7) is 4.70. The van der Waals surface area contributed by atoms with Crippen LogP contribution in [0.25, 0.3) is 0 Å². The van der Waals surface area contributed by atoms with Crippen LogP contribution in [0.1, 0.15) is 31.9 Å². The van der Waals surface area contributed by atoms with Crippen molar-refractivity contribution < 1.29 is 9.47 Å². The largest absolute Gasteiger partial charge is 0.491 e. The Morgan fingerprint density at radius 1 is 1.24 bits per heavy atom. The third kappa shape index (κ3) is 4.73. The Morgan fingerprint density at radius 3 is 2.35 bits per heavy atom. The van der Waals surface area contributed by atoms with Gasteiger partial charge in [0.1, 0.15) is 5.75 Å². The van der Waals surface area contributed by atoms with Crippen LogP contribution in [-0.2, 0) is 4.74 Å². The molecule has 0 amide bonds. The van der Waals surface area contributed by atoms with Crippen LogP contribution in [0, 0.1) is 0 Å². The van der Waals surface area contributed by atoms with Gasteiger partial charge in [-0.2, -0.15) is 0 Å². The predicted molar refractivity (Wildman–Crippen MR) is 68.8 cm³/mol. The quantitative estimate of drug-likeness (QED) is 0.563. The predicted octanol–water partition coefficient (Wildman–Crippen LogP) is 2.01. The zero-order chi connectivity index (χ0) is 12.7. The van der Waals surface area contributed by atoms with E-state index < -0.39 is 0 Å². The highest BCUT2D eigenvalue weighted by molar-refractivity contribution is 5.29. The molecular formula is C13H22N2O2. The first-order valence-electron chi connectivity index (χ1n) is 5.89. The molecule has 1 rings (SSSR count). The van der Waals surface area contributed by atoms with Crippen molar-refractivity contribution in [2.75, 3.05) is 13.7 Å². The number of methoxy groups -OCH3 is 1. The molecule has 0 bridgehead atoms. The van der Waals surface area contributed by atoms with Gasteiger partial charge in [0, 0.05) is 19.8 Å². The lowest BCUT2D eigenvalue weighted by atomic mass is 10.0. The van der Waals surface area contributed by atoms with Crippen LogP contribution in [0.15, 0.2) is 24.3 Å². The minimum Gasteiger partial charge on any atom is -0.491 e. The van der Waals surface area contributed by atoms with Gasteiger partial charge >= 0.3 is 0 Å². The highest BCUT2D eigenvalue weighted by Gasteiger charge is 2.09. The Labute approximate surface area is 103 Å². The number of hydrogen-bond acceptors (Lipinski definition) is 4.